The first-order valence-electron chi connectivity index (χ1n) is 8.65. The third-order valence-electron chi connectivity index (χ3n) is 4.87. The van der Waals surface area contributed by atoms with E-state index in [1.165, 1.54) is 0 Å². The lowest BCUT2D eigenvalue weighted by molar-refractivity contribution is 0.0334. The molecule has 0 spiro atoms. The van der Waals surface area contributed by atoms with E-state index in [1.54, 1.807) is 0 Å². The van der Waals surface area contributed by atoms with Crippen molar-refractivity contribution < 1.29 is 9.52 Å². The Bertz CT molecular complexity index is 636. The van der Waals surface area contributed by atoms with Gasteiger partial charge < -0.3 is 9.52 Å². The number of aromatic nitrogens is 1. The minimum atomic E-state index is -0.433. The molecule has 5 nitrogen and oxygen atoms in total. The Morgan fingerprint density at radius 1 is 1.25 bits per heavy atom. The molecule has 2 heterocycles. The predicted molar refractivity (Wildman–Crippen MR) is 93.7 cm³/mol. The van der Waals surface area contributed by atoms with Crippen LogP contribution in [-0.4, -0.2) is 52.1 Å². The Balaban J connectivity index is 1.53. The minimum Gasteiger partial charge on any atom is -0.444 e. The number of aliphatic hydroxyl groups excluding tert-OH is 1. The van der Waals surface area contributed by atoms with E-state index in [4.69, 9.17) is 4.42 Å². The van der Waals surface area contributed by atoms with Crippen LogP contribution in [0.15, 0.2) is 34.7 Å². The van der Waals surface area contributed by atoms with E-state index in [0.717, 1.165) is 49.1 Å². The Kier molecular flexibility index (Phi) is 5.33. The second-order valence-electron chi connectivity index (χ2n) is 6.75. The summed E-state index contributed by atoms with van der Waals surface area (Å²) in [5.74, 6) is 1.71. The number of β-amino-alcohol motifs (C(OH)–C–C–N with tert-alkyl or cyclic N) is 1. The number of oxazole rings is 1. The molecule has 0 radical (unpaired) electrons. The van der Waals surface area contributed by atoms with Gasteiger partial charge in [0.25, 0.3) is 0 Å². The third-order valence-corrected chi connectivity index (χ3v) is 4.87. The molecule has 2 aromatic rings. The Morgan fingerprint density at radius 3 is 2.62 bits per heavy atom. The Hall–Kier alpha value is -1.69. The van der Waals surface area contributed by atoms with Crippen LogP contribution in [0.1, 0.15) is 35.9 Å². The molecule has 1 aromatic carbocycles. The van der Waals surface area contributed by atoms with Crippen molar-refractivity contribution in [2.24, 2.45) is 0 Å². The SMILES string of the molecule is Cc1nc(CN2CCN(C[C@@H](O)c3ccccc3)[C@@H](C)C2)oc1C. The number of hydrogen-bond donors (Lipinski definition) is 1. The summed E-state index contributed by atoms with van der Waals surface area (Å²) in [4.78, 5) is 9.21. The molecule has 1 aromatic heterocycles. The van der Waals surface area contributed by atoms with Gasteiger partial charge in [-0.1, -0.05) is 30.3 Å². The monoisotopic (exact) mass is 329 g/mol. The molecule has 3 rings (SSSR count). The maximum Gasteiger partial charge on any atom is 0.208 e. The van der Waals surface area contributed by atoms with Gasteiger partial charge in [-0.15, -0.1) is 0 Å². The van der Waals surface area contributed by atoms with Crippen LogP contribution in [0.25, 0.3) is 0 Å². The molecule has 2 atom stereocenters. The molecule has 0 aliphatic carbocycles. The molecule has 130 valence electrons. The number of hydrogen-bond acceptors (Lipinski definition) is 5. The van der Waals surface area contributed by atoms with Crippen molar-refractivity contribution >= 4 is 0 Å². The molecular formula is C19H27N3O2. The van der Waals surface area contributed by atoms with Gasteiger partial charge in [0.05, 0.1) is 18.3 Å². The smallest absolute Gasteiger partial charge is 0.208 e. The zero-order chi connectivity index (χ0) is 17.1. The lowest BCUT2D eigenvalue weighted by Gasteiger charge is -2.40. The van der Waals surface area contributed by atoms with Crippen molar-refractivity contribution in [1.29, 1.82) is 0 Å². The molecule has 5 heteroatoms. The van der Waals surface area contributed by atoms with E-state index in [2.05, 4.69) is 21.7 Å². The summed E-state index contributed by atoms with van der Waals surface area (Å²) in [6.45, 7) is 10.5. The van der Waals surface area contributed by atoms with E-state index < -0.39 is 6.10 Å². The normalized spacial score (nSPS) is 21.1. The first kappa shape index (κ1) is 17.1. The Morgan fingerprint density at radius 2 is 2.00 bits per heavy atom. The summed E-state index contributed by atoms with van der Waals surface area (Å²) >= 11 is 0. The van der Waals surface area contributed by atoms with Crippen LogP contribution < -0.4 is 0 Å². The van der Waals surface area contributed by atoms with Crippen LogP contribution >= 0.6 is 0 Å². The maximum absolute atomic E-state index is 10.4. The highest BCUT2D eigenvalue weighted by Crippen LogP contribution is 2.19. The van der Waals surface area contributed by atoms with Crippen LogP contribution in [0.5, 0.6) is 0 Å². The van der Waals surface area contributed by atoms with Gasteiger partial charge in [0.1, 0.15) is 5.76 Å². The summed E-state index contributed by atoms with van der Waals surface area (Å²) in [7, 11) is 0. The maximum atomic E-state index is 10.4. The standard InChI is InChI=1S/C19H27N3O2/c1-14-11-21(13-19-20-15(2)16(3)24-19)9-10-22(14)12-18(23)17-7-5-4-6-8-17/h4-8,14,18,23H,9-13H2,1-3H3/t14-,18+/m0/s1. The highest BCUT2D eigenvalue weighted by atomic mass is 16.4. The van der Waals surface area contributed by atoms with Crippen molar-refractivity contribution in [1.82, 2.24) is 14.8 Å². The van der Waals surface area contributed by atoms with E-state index in [0.29, 0.717) is 12.6 Å². The molecular weight excluding hydrogens is 302 g/mol. The molecule has 1 aliphatic heterocycles. The zero-order valence-corrected chi connectivity index (χ0v) is 14.8. The van der Waals surface area contributed by atoms with Crippen LogP contribution in [0.4, 0.5) is 0 Å². The number of aliphatic hydroxyl groups is 1. The molecule has 24 heavy (non-hydrogen) atoms. The molecule has 1 aliphatic rings. The highest BCUT2D eigenvalue weighted by Gasteiger charge is 2.26. The largest absolute Gasteiger partial charge is 0.444 e. The second kappa shape index (κ2) is 7.47. The van der Waals surface area contributed by atoms with Gasteiger partial charge in [-0.05, 0) is 26.3 Å². The van der Waals surface area contributed by atoms with E-state index in [-0.39, 0.29) is 0 Å². The van der Waals surface area contributed by atoms with Gasteiger partial charge in [0, 0.05) is 32.2 Å². The second-order valence-corrected chi connectivity index (χ2v) is 6.75. The molecule has 1 N–H and O–H groups in total. The molecule has 0 unspecified atom stereocenters. The van der Waals surface area contributed by atoms with Crippen LogP contribution in [-0.2, 0) is 6.54 Å². The number of piperazine rings is 1. The van der Waals surface area contributed by atoms with Crippen molar-refractivity contribution in [3.05, 3.63) is 53.2 Å². The molecule has 1 saturated heterocycles. The van der Waals surface area contributed by atoms with Gasteiger partial charge in [0.2, 0.25) is 5.89 Å². The fraction of sp³-hybridized carbons (Fsp3) is 0.526. The fourth-order valence-electron chi connectivity index (χ4n) is 3.29. The van der Waals surface area contributed by atoms with Gasteiger partial charge in [-0.25, -0.2) is 4.98 Å². The van der Waals surface area contributed by atoms with Crippen molar-refractivity contribution in [2.75, 3.05) is 26.2 Å². The zero-order valence-electron chi connectivity index (χ0n) is 14.8. The summed E-state index contributed by atoms with van der Waals surface area (Å²) in [6, 6.07) is 10.3. The number of benzene rings is 1. The van der Waals surface area contributed by atoms with Gasteiger partial charge >= 0.3 is 0 Å². The number of nitrogens with zero attached hydrogens (tertiary/aromatic N) is 3. The summed E-state index contributed by atoms with van der Waals surface area (Å²) in [5, 5.41) is 10.4. The van der Waals surface area contributed by atoms with E-state index in [1.807, 2.05) is 44.2 Å². The van der Waals surface area contributed by atoms with E-state index in [9.17, 15) is 5.11 Å². The first-order chi connectivity index (χ1) is 11.5. The van der Waals surface area contributed by atoms with Crippen LogP contribution in [0.2, 0.25) is 0 Å². The fourth-order valence-corrected chi connectivity index (χ4v) is 3.29. The average Bonchev–Trinajstić information content (AvgIpc) is 2.88. The quantitative estimate of drug-likeness (QED) is 0.913. The average molecular weight is 329 g/mol. The van der Waals surface area contributed by atoms with Crippen molar-refractivity contribution in [3.8, 4) is 0 Å². The predicted octanol–water partition coefficient (Wildman–Crippen LogP) is 2.53. The Labute approximate surface area is 143 Å². The van der Waals surface area contributed by atoms with E-state index >= 15 is 0 Å². The lowest BCUT2D eigenvalue weighted by atomic mass is 10.1. The number of aryl methyl sites for hydroxylation is 2. The van der Waals surface area contributed by atoms with Crippen molar-refractivity contribution in [2.45, 2.75) is 39.5 Å². The van der Waals surface area contributed by atoms with Gasteiger partial charge in [-0.2, -0.15) is 0 Å². The summed E-state index contributed by atoms with van der Waals surface area (Å²) < 4.78 is 5.70. The number of rotatable bonds is 5. The van der Waals surface area contributed by atoms with Crippen molar-refractivity contribution in [3.63, 3.8) is 0 Å². The van der Waals surface area contributed by atoms with Crippen LogP contribution in [0.3, 0.4) is 0 Å². The third kappa shape index (κ3) is 4.04. The highest BCUT2D eigenvalue weighted by molar-refractivity contribution is 5.17. The van der Waals surface area contributed by atoms with Gasteiger partial charge in [0.15, 0.2) is 0 Å². The topological polar surface area (TPSA) is 52.7 Å². The lowest BCUT2D eigenvalue weighted by Crippen LogP contribution is -2.52. The molecule has 0 amide bonds. The summed E-state index contributed by atoms with van der Waals surface area (Å²) in [5.41, 5.74) is 1.96. The van der Waals surface area contributed by atoms with Gasteiger partial charge in [-0.3, -0.25) is 9.80 Å². The first-order valence-corrected chi connectivity index (χ1v) is 8.65. The minimum absolute atomic E-state index is 0.397. The van der Waals surface area contributed by atoms with Crippen LogP contribution in [0, 0.1) is 13.8 Å². The molecule has 0 saturated carbocycles. The molecule has 0 bridgehead atoms. The molecule has 1 fully saturated rings. The summed E-state index contributed by atoms with van der Waals surface area (Å²) in [6.07, 6.45) is -0.433.